The minimum Gasteiger partial charge on any atom is -0.452 e. The second-order valence-electron chi connectivity index (χ2n) is 5.72. The van der Waals surface area contributed by atoms with Crippen LogP contribution >= 0.6 is 11.6 Å². The largest absolute Gasteiger partial charge is 0.452 e. The minimum absolute atomic E-state index is 0.0872. The van der Waals surface area contributed by atoms with Gasteiger partial charge in [0.1, 0.15) is 0 Å². The Morgan fingerprint density at radius 1 is 1.04 bits per heavy atom. The molecule has 0 spiro atoms. The van der Waals surface area contributed by atoms with Gasteiger partial charge in [0, 0.05) is 13.1 Å². The average molecular weight is 425 g/mol. The molecule has 0 aliphatic rings. The van der Waals surface area contributed by atoms with Gasteiger partial charge in [0.05, 0.1) is 21.2 Å². The number of para-hydroxylation sites is 1. The molecule has 0 unspecified atom stereocenters. The topological polar surface area (TPSA) is 92.8 Å². The van der Waals surface area contributed by atoms with Gasteiger partial charge >= 0.3 is 5.97 Å². The van der Waals surface area contributed by atoms with E-state index < -0.39 is 28.5 Å². The Bertz CT molecular complexity index is 941. The number of hydrogen-bond acceptors (Lipinski definition) is 5. The van der Waals surface area contributed by atoms with Crippen molar-refractivity contribution in [3.05, 3.63) is 59.1 Å². The maximum absolute atomic E-state index is 12.4. The zero-order valence-electron chi connectivity index (χ0n) is 15.5. The molecule has 28 heavy (non-hydrogen) atoms. The molecule has 0 saturated carbocycles. The first-order chi connectivity index (χ1) is 13.3. The van der Waals surface area contributed by atoms with Crippen molar-refractivity contribution in [2.24, 2.45) is 0 Å². The Balaban J connectivity index is 1.98. The third-order valence-corrected chi connectivity index (χ3v) is 6.31. The summed E-state index contributed by atoms with van der Waals surface area (Å²) in [7, 11) is -3.60. The van der Waals surface area contributed by atoms with Crippen LogP contribution in [0.2, 0.25) is 5.02 Å². The van der Waals surface area contributed by atoms with E-state index in [1.165, 1.54) is 28.6 Å². The van der Waals surface area contributed by atoms with Gasteiger partial charge in [-0.2, -0.15) is 4.31 Å². The van der Waals surface area contributed by atoms with Crippen LogP contribution in [0.25, 0.3) is 0 Å². The third kappa shape index (κ3) is 5.31. The number of nitrogens with one attached hydrogen (secondary N) is 1. The van der Waals surface area contributed by atoms with Crippen molar-refractivity contribution < 1.29 is 22.7 Å². The first kappa shape index (κ1) is 21.9. The van der Waals surface area contributed by atoms with Crippen LogP contribution < -0.4 is 5.32 Å². The highest BCUT2D eigenvalue weighted by Crippen LogP contribution is 2.20. The fourth-order valence-electron chi connectivity index (χ4n) is 2.44. The predicted octanol–water partition coefficient (Wildman–Crippen LogP) is 3.17. The van der Waals surface area contributed by atoms with Gasteiger partial charge in [-0.15, -0.1) is 0 Å². The summed E-state index contributed by atoms with van der Waals surface area (Å²) >= 11 is 5.95. The van der Waals surface area contributed by atoms with Crippen LogP contribution in [0, 0.1) is 0 Å². The van der Waals surface area contributed by atoms with Gasteiger partial charge in [-0.1, -0.05) is 37.6 Å². The molecule has 0 bridgehead atoms. The van der Waals surface area contributed by atoms with Gasteiger partial charge in [-0.05, 0) is 36.4 Å². The number of halogens is 1. The lowest BCUT2D eigenvalue weighted by atomic mass is 10.2. The van der Waals surface area contributed by atoms with E-state index in [1.54, 1.807) is 38.1 Å². The summed E-state index contributed by atoms with van der Waals surface area (Å²) in [5.74, 6) is -1.27. The quantitative estimate of drug-likeness (QED) is 0.657. The Kier molecular flexibility index (Phi) is 7.56. The molecule has 2 aromatic rings. The second kappa shape index (κ2) is 9.68. The maximum atomic E-state index is 12.4. The van der Waals surface area contributed by atoms with Gasteiger partial charge < -0.3 is 10.1 Å². The van der Waals surface area contributed by atoms with Crippen LogP contribution in [0.3, 0.4) is 0 Å². The first-order valence-electron chi connectivity index (χ1n) is 8.61. The standard InChI is InChI=1S/C19H21ClN2O5S/c1-3-22(4-2)28(25,26)15-11-9-14(10-12-15)19(24)27-13-18(23)21-17-8-6-5-7-16(17)20/h5-12H,3-4,13H2,1-2H3,(H,21,23). The van der Waals surface area contributed by atoms with Gasteiger partial charge in [0.2, 0.25) is 10.0 Å². The lowest BCUT2D eigenvalue weighted by molar-refractivity contribution is -0.119. The zero-order chi connectivity index (χ0) is 20.7. The Morgan fingerprint density at radius 2 is 1.64 bits per heavy atom. The highest BCUT2D eigenvalue weighted by Gasteiger charge is 2.22. The Hall–Kier alpha value is -2.42. The molecule has 0 aromatic heterocycles. The molecule has 0 atom stereocenters. The molecule has 0 radical (unpaired) electrons. The minimum atomic E-state index is -3.60. The van der Waals surface area contributed by atoms with E-state index in [1.807, 2.05) is 0 Å². The summed E-state index contributed by atoms with van der Waals surface area (Å²) in [5, 5.41) is 2.91. The normalized spacial score (nSPS) is 11.3. The van der Waals surface area contributed by atoms with Gasteiger partial charge in [-0.25, -0.2) is 13.2 Å². The van der Waals surface area contributed by atoms with Crippen LogP contribution in [0.1, 0.15) is 24.2 Å². The van der Waals surface area contributed by atoms with Crippen molar-refractivity contribution in [3.8, 4) is 0 Å². The Morgan fingerprint density at radius 3 is 2.21 bits per heavy atom. The van der Waals surface area contributed by atoms with Crippen molar-refractivity contribution in [1.29, 1.82) is 0 Å². The van der Waals surface area contributed by atoms with Crippen molar-refractivity contribution in [2.45, 2.75) is 18.7 Å². The summed E-state index contributed by atoms with van der Waals surface area (Å²) in [6.45, 7) is 3.71. The highest BCUT2D eigenvalue weighted by molar-refractivity contribution is 7.89. The molecule has 150 valence electrons. The fraction of sp³-hybridized carbons (Fsp3) is 0.263. The number of carbonyl (C=O) groups excluding carboxylic acids is 2. The molecule has 1 N–H and O–H groups in total. The van der Waals surface area contributed by atoms with Crippen LogP contribution in [0.15, 0.2) is 53.4 Å². The Labute approximate surface area is 169 Å². The van der Waals surface area contributed by atoms with E-state index in [2.05, 4.69) is 5.32 Å². The predicted molar refractivity (Wildman–Crippen MR) is 107 cm³/mol. The van der Waals surface area contributed by atoms with Gasteiger partial charge in [0.15, 0.2) is 6.61 Å². The van der Waals surface area contributed by atoms with Crippen molar-refractivity contribution in [1.82, 2.24) is 4.31 Å². The molecular weight excluding hydrogens is 404 g/mol. The zero-order valence-corrected chi connectivity index (χ0v) is 17.1. The lowest BCUT2D eigenvalue weighted by Gasteiger charge is -2.18. The van der Waals surface area contributed by atoms with Crippen LogP contribution in [-0.2, 0) is 19.6 Å². The number of benzene rings is 2. The molecule has 0 aliphatic carbocycles. The van der Waals surface area contributed by atoms with Gasteiger partial charge in [0.25, 0.3) is 5.91 Å². The van der Waals surface area contributed by atoms with E-state index in [9.17, 15) is 18.0 Å². The summed E-state index contributed by atoms with van der Waals surface area (Å²) in [6, 6.07) is 12.1. The van der Waals surface area contributed by atoms with Crippen molar-refractivity contribution in [2.75, 3.05) is 25.0 Å². The highest BCUT2D eigenvalue weighted by atomic mass is 35.5. The van der Waals surface area contributed by atoms with E-state index in [0.717, 1.165) is 0 Å². The third-order valence-electron chi connectivity index (χ3n) is 3.92. The van der Waals surface area contributed by atoms with Crippen molar-refractivity contribution >= 4 is 39.2 Å². The molecule has 0 fully saturated rings. The number of ether oxygens (including phenoxy) is 1. The van der Waals surface area contributed by atoms with E-state index in [-0.39, 0.29) is 10.5 Å². The molecule has 9 heteroatoms. The molecule has 2 aromatic carbocycles. The van der Waals surface area contributed by atoms with E-state index in [4.69, 9.17) is 16.3 Å². The number of esters is 1. The van der Waals surface area contributed by atoms with Crippen LogP contribution in [0.5, 0.6) is 0 Å². The van der Waals surface area contributed by atoms with Gasteiger partial charge in [-0.3, -0.25) is 4.79 Å². The summed E-state index contributed by atoms with van der Waals surface area (Å²) < 4.78 is 31.2. The molecule has 1 amide bonds. The first-order valence-corrected chi connectivity index (χ1v) is 10.4. The lowest BCUT2D eigenvalue weighted by Crippen LogP contribution is -2.30. The molecule has 2 rings (SSSR count). The SMILES string of the molecule is CCN(CC)S(=O)(=O)c1ccc(C(=O)OCC(=O)Nc2ccccc2Cl)cc1. The number of amides is 1. The number of anilines is 1. The number of rotatable bonds is 8. The molecular formula is C19H21ClN2O5S. The summed E-state index contributed by atoms with van der Waals surface area (Å²) in [4.78, 5) is 24.1. The number of sulfonamides is 1. The molecule has 0 saturated heterocycles. The second-order valence-corrected chi connectivity index (χ2v) is 8.06. The van der Waals surface area contributed by atoms with E-state index >= 15 is 0 Å². The molecule has 7 nitrogen and oxygen atoms in total. The van der Waals surface area contributed by atoms with E-state index in [0.29, 0.717) is 23.8 Å². The fourth-order valence-corrected chi connectivity index (χ4v) is 4.08. The summed E-state index contributed by atoms with van der Waals surface area (Å²) in [5.41, 5.74) is 0.556. The number of nitrogens with zero attached hydrogens (tertiary/aromatic N) is 1. The van der Waals surface area contributed by atoms with Crippen LogP contribution in [0.4, 0.5) is 5.69 Å². The maximum Gasteiger partial charge on any atom is 0.338 e. The molecule has 0 aliphatic heterocycles. The summed E-state index contributed by atoms with van der Waals surface area (Å²) in [6.07, 6.45) is 0. The molecule has 0 heterocycles. The van der Waals surface area contributed by atoms with Crippen molar-refractivity contribution in [3.63, 3.8) is 0 Å². The smallest absolute Gasteiger partial charge is 0.338 e. The monoisotopic (exact) mass is 424 g/mol. The average Bonchev–Trinajstić information content (AvgIpc) is 2.68. The number of carbonyl (C=O) groups is 2. The number of hydrogen-bond donors (Lipinski definition) is 1. The van der Waals surface area contributed by atoms with Crippen LogP contribution in [-0.4, -0.2) is 44.3 Å².